The molecule has 6 nitrogen and oxygen atoms in total. The standard InChI is InChI=1S/C21H21ClN4O2/c22-18-6-2-1-5-16(18)13-20(27)25-11-9-24(10-12-25)15-17-14-21(28)26-8-4-3-7-19(26)23-17/h1-8,14H,9-13,15H2. The van der Waals surface area contributed by atoms with Crippen molar-refractivity contribution >= 4 is 23.2 Å². The third-order valence-electron chi connectivity index (χ3n) is 5.03. The Kier molecular flexibility index (Phi) is 5.41. The molecule has 0 saturated carbocycles. The van der Waals surface area contributed by atoms with Gasteiger partial charge in [-0.25, -0.2) is 4.98 Å². The van der Waals surface area contributed by atoms with Crippen LogP contribution in [0.25, 0.3) is 5.65 Å². The quantitative estimate of drug-likeness (QED) is 0.678. The number of piperazine rings is 1. The Morgan fingerprint density at radius 3 is 2.57 bits per heavy atom. The highest BCUT2D eigenvalue weighted by atomic mass is 35.5. The van der Waals surface area contributed by atoms with E-state index in [2.05, 4.69) is 9.88 Å². The van der Waals surface area contributed by atoms with E-state index >= 15 is 0 Å². The minimum atomic E-state index is -0.0749. The third-order valence-corrected chi connectivity index (χ3v) is 5.40. The molecular weight excluding hydrogens is 376 g/mol. The fourth-order valence-electron chi connectivity index (χ4n) is 3.48. The van der Waals surface area contributed by atoms with Crippen molar-refractivity contribution < 1.29 is 4.79 Å². The van der Waals surface area contributed by atoms with Gasteiger partial charge in [-0.15, -0.1) is 0 Å². The zero-order valence-electron chi connectivity index (χ0n) is 15.4. The summed E-state index contributed by atoms with van der Waals surface area (Å²) in [6.45, 7) is 3.44. The molecule has 1 amide bonds. The highest BCUT2D eigenvalue weighted by molar-refractivity contribution is 6.31. The maximum absolute atomic E-state index is 12.6. The van der Waals surface area contributed by atoms with Gasteiger partial charge in [-0.1, -0.05) is 35.9 Å². The fraction of sp³-hybridized carbons (Fsp3) is 0.286. The normalized spacial score (nSPS) is 15.1. The minimum Gasteiger partial charge on any atom is -0.340 e. The summed E-state index contributed by atoms with van der Waals surface area (Å²) in [6.07, 6.45) is 2.04. The summed E-state index contributed by atoms with van der Waals surface area (Å²) < 4.78 is 1.54. The second-order valence-corrected chi connectivity index (χ2v) is 7.35. The number of nitrogens with zero attached hydrogens (tertiary/aromatic N) is 4. The molecule has 1 aromatic carbocycles. The van der Waals surface area contributed by atoms with E-state index in [0.29, 0.717) is 36.7 Å². The number of amides is 1. The van der Waals surface area contributed by atoms with Crippen LogP contribution in [0.2, 0.25) is 5.02 Å². The number of carbonyl (C=O) groups excluding carboxylic acids is 1. The van der Waals surface area contributed by atoms with Crippen LogP contribution < -0.4 is 5.56 Å². The monoisotopic (exact) mass is 396 g/mol. The summed E-state index contributed by atoms with van der Waals surface area (Å²) in [7, 11) is 0. The average Bonchev–Trinajstić information content (AvgIpc) is 2.70. The first-order valence-electron chi connectivity index (χ1n) is 9.31. The maximum Gasteiger partial charge on any atom is 0.258 e. The molecule has 1 fully saturated rings. The molecule has 1 aliphatic heterocycles. The average molecular weight is 397 g/mol. The molecule has 7 heteroatoms. The number of aromatic nitrogens is 2. The molecule has 3 aromatic rings. The lowest BCUT2D eigenvalue weighted by Crippen LogP contribution is -2.48. The maximum atomic E-state index is 12.6. The van der Waals surface area contributed by atoms with Crippen LogP contribution in [0.4, 0.5) is 0 Å². The van der Waals surface area contributed by atoms with E-state index in [1.54, 1.807) is 18.3 Å². The molecular formula is C21H21ClN4O2. The predicted octanol–water partition coefficient (Wildman–Crippen LogP) is 2.23. The van der Waals surface area contributed by atoms with E-state index in [4.69, 9.17) is 11.6 Å². The van der Waals surface area contributed by atoms with Crippen molar-refractivity contribution in [2.45, 2.75) is 13.0 Å². The van der Waals surface area contributed by atoms with Gasteiger partial charge < -0.3 is 4.90 Å². The van der Waals surface area contributed by atoms with Crippen molar-refractivity contribution in [2.75, 3.05) is 26.2 Å². The van der Waals surface area contributed by atoms with E-state index in [-0.39, 0.29) is 11.5 Å². The van der Waals surface area contributed by atoms with E-state index in [9.17, 15) is 9.59 Å². The van der Waals surface area contributed by atoms with Gasteiger partial charge in [0, 0.05) is 50.0 Å². The summed E-state index contributed by atoms with van der Waals surface area (Å²) in [5, 5.41) is 0.628. The summed E-state index contributed by atoms with van der Waals surface area (Å²) in [4.78, 5) is 33.5. The zero-order chi connectivity index (χ0) is 19.5. The van der Waals surface area contributed by atoms with Crippen LogP contribution in [0.3, 0.4) is 0 Å². The second-order valence-electron chi connectivity index (χ2n) is 6.94. The lowest BCUT2D eigenvalue weighted by Gasteiger charge is -2.34. The van der Waals surface area contributed by atoms with E-state index in [1.165, 1.54) is 4.40 Å². The molecule has 144 valence electrons. The van der Waals surface area contributed by atoms with Gasteiger partial charge in [0.2, 0.25) is 5.91 Å². The summed E-state index contributed by atoms with van der Waals surface area (Å²) >= 11 is 6.16. The first-order chi connectivity index (χ1) is 13.6. The molecule has 28 heavy (non-hydrogen) atoms. The van der Waals surface area contributed by atoms with Crippen molar-refractivity contribution in [3.05, 3.63) is 81.4 Å². The van der Waals surface area contributed by atoms with Crippen molar-refractivity contribution in [3.63, 3.8) is 0 Å². The number of rotatable bonds is 4. The van der Waals surface area contributed by atoms with Crippen molar-refractivity contribution in [1.82, 2.24) is 19.2 Å². The largest absolute Gasteiger partial charge is 0.340 e. The third kappa shape index (κ3) is 4.08. The number of halogens is 1. The number of pyridine rings is 1. The Morgan fingerprint density at radius 1 is 1.04 bits per heavy atom. The van der Waals surface area contributed by atoms with Gasteiger partial charge in [-0.05, 0) is 23.8 Å². The van der Waals surface area contributed by atoms with Gasteiger partial charge in [0.05, 0.1) is 12.1 Å². The van der Waals surface area contributed by atoms with Gasteiger partial charge in [0.25, 0.3) is 5.56 Å². The van der Waals surface area contributed by atoms with E-state index < -0.39 is 0 Å². The summed E-state index contributed by atoms with van der Waals surface area (Å²) in [5.41, 5.74) is 2.19. The van der Waals surface area contributed by atoms with Crippen LogP contribution in [-0.2, 0) is 17.8 Å². The molecule has 0 atom stereocenters. The van der Waals surface area contributed by atoms with Crippen LogP contribution in [0.15, 0.2) is 59.5 Å². The number of carbonyl (C=O) groups is 1. The summed E-state index contributed by atoms with van der Waals surface area (Å²) in [5.74, 6) is 0.0924. The van der Waals surface area contributed by atoms with Crippen molar-refractivity contribution in [2.24, 2.45) is 0 Å². The lowest BCUT2D eigenvalue weighted by atomic mass is 10.1. The SMILES string of the molecule is O=C(Cc1ccccc1Cl)N1CCN(Cc2cc(=O)n3ccccc3n2)CC1. The van der Waals surface area contributed by atoms with Gasteiger partial charge >= 0.3 is 0 Å². The first-order valence-corrected chi connectivity index (χ1v) is 9.69. The van der Waals surface area contributed by atoms with Gasteiger partial charge in [0.15, 0.2) is 0 Å². The molecule has 1 saturated heterocycles. The molecule has 0 aliphatic carbocycles. The van der Waals surface area contributed by atoms with Gasteiger partial charge in [-0.2, -0.15) is 0 Å². The van der Waals surface area contributed by atoms with Gasteiger partial charge in [-0.3, -0.25) is 18.9 Å². The van der Waals surface area contributed by atoms with Gasteiger partial charge in [0.1, 0.15) is 5.65 Å². The Hall–Kier alpha value is -2.70. The predicted molar refractivity (Wildman–Crippen MR) is 108 cm³/mol. The molecule has 1 aliphatic rings. The Bertz CT molecular complexity index is 1060. The van der Waals surface area contributed by atoms with Crippen LogP contribution >= 0.6 is 11.6 Å². The fourth-order valence-corrected chi connectivity index (χ4v) is 3.69. The molecule has 0 spiro atoms. The van der Waals surface area contributed by atoms with Crippen LogP contribution in [0.5, 0.6) is 0 Å². The first kappa shape index (κ1) is 18.7. The highest BCUT2D eigenvalue weighted by Gasteiger charge is 2.22. The smallest absolute Gasteiger partial charge is 0.258 e. The number of fused-ring (bicyclic) bond motifs is 1. The Balaban J connectivity index is 1.36. The number of benzene rings is 1. The second kappa shape index (κ2) is 8.12. The van der Waals surface area contributed by atoms with Crippen molar-refractivity contribution in [3.8, 4) is 0 Å². The molecule has 0 unspecified atom stereocenters. The zero-order valence-corrected chi connectivity index (χ0v) is 16.2. The Morgan fingerprint density at radius 2 is 1.79 bits per heavy atom. The van der Waals surface area contributed by atoms with Crippen LogP contribution in [0, 0.1) is 0 Å². The van der Waals surface area contributed by atoms with E-state index in [1.807, 2.05) is 41.3 Å². The molecule has 4 rings (SSSR count). The van der Waals surface area contributed by atoms with Crippen LogP contribution in [-0.4, -0.2) is 51.3 Å². The number of hydrogen-bond donors (Lipinski definition) is 0. The highest BCUT2D eigenvalue weighted by Crippen LogP contribution is 2.17. The molecule has 0 N–H and O–H groups in total. The molecule has 0 radical (unpaired) electrons. The minimum absolute atomic E-state index is 0.0749. The molecule has 2 aromatic heterocycles. The number of hydrogen-bond acceptors (Lipinski definition) is 4. The van der Waals surface area contributed by atoms with Crippen LogP contribution in [0.1, 0.15) is 11.3 Å². The molecule has 0 bridgehead atoms. The molecule has 3 heterocycles. The van der Waals surface area contributed by atoms with E-state index in [0.717, 1.165) is 24.3 Å². The topological polar surface area (TPSA) is 57.9 Å². The lowest BCUT2D eigenvalue weighted by molar-refractivity contribution is -0.132. The summed E-state index contributed by atoms with van der Waals surface area (Å²) in [6, 6.07) is 14.6. The Labute approximate surface area is 168 Å². The van der Waals surface area contributed by atoms with Crippen molar-refractivity contribution in [1.29, 1.82) is 0 Å².